The van der Waals surface area contributed by atoms with Crippen molar-refractivity contribution in [3.05, 3.63) is 47.0 Å². The molecule has 2 aromatic carbocycles. The molecule has 1 heterocycles. The maximum atomic E-state index is 10.0. The molecule has 0 aromatic heterocycles. The second-order valence-corrected chi connectivity index (χ2v) is 5.05. The highest BCUT2D eigenvalue weighted by Crippen LogP contribution is 2.38. The number of phenolic OH excluding ortho intramolecular Hbond substituents is 2. The molecule has 0 amide bonds. The molecule has 22 heavy (non-hydrogen) atoms. The molecule has 1 aliphatic heterocycles. The first kappa shape index (κ1) is 14.3. The van der Waals surface area contributed by atoms with Gasteiger partial charge in [-0.25, -0.2) is 0 Å². The van der Waals surface area contributed by atoms with E-state index in [1.165, 1.54) is 14.2 Å². The number of methoxy groups -OCH3 is 2. The first-order valence-electron chi connectivity index (χ1n) is 6.96. The summed E-state index contributed by atoms with van der Waals surface area (Å²) in [7, 11) is 2.99. The molecule has 1 aliphatic rings. The summed E-state index contributed by atoms with van der Waals surface area (Å²) < 4.78 is 10.4. The van der Waals surface area contributed by atoms with E-state index in [9.17, 15) is 10.2 Å². The Morgan fingerprint density at radius 3 is 2.32 bits per heavy atom. The molecule has 0 bridgehead atoms. The van der Waals surface area contributed by atoms with E-state index in [4.69, 9.17) is 9.47 Å². The minimum Gasteiger partial charge on any atom is -0.508 e. The van der Waals surface area contributed by atoms with Crippen LogP contribution in [0.5, 0.6) is 23.0 Å². The summed E-state index contributed by atoms with van der Waals surface area (Å²) in [6.45, 7) is 0.650. The Balaban J connectivity index is 2.14. The maximum absolute atomic E-state index is 10.0. The molecule has 0 radical (unpaired) electrons. The zero-order valence-electron chi connectivity index (χ0n) is 12.5. The Labute approximate surface area is 128 Å². The minimum absolute atomic E-state index is 0.0314. The standard InChI is InChI=1S/C17H17NO4/c1-21-14-8-11(9-15(22-2)17(14)20)16-13-4-3-12(19)7-10(13)5-6-18-16/h3-4,7-9,19-20H,5-6H2,1-2H3. The highest BCUT2D eigenvalue weighted by molar-refractivity contribution is 6.14. The summed E-state index contributed by atoms with van der Waals surface area (Å²) in [5.41, 5.74) is 3.63. The van der Waals surface area contributed by atoms with Gasteiger partial charge in [0, 0.05) is 17.7 Å². The zero-order valence-corrected chi connectivity index (χ0v) is 12.5. The van der Waals surface area contributed by atoms with E-state index in [0.717, 1.165) is 28.8 Å². The third kappa shape index (κ3) is 2.35. The molecule has 114 valence electrons. The van der Waals surface area contributed by atoms with Crippen LogP contribution in [0.25, 0.3) is 0 Å². The molecule has 5 heteroatoms. The van der Waals surface area contributed by atoms with Crippen LogP contribution in [-0.4, -0.2) is 36.7 Å². The third-order valence-corrected chi connectivity index (χ3v) is 3.75. The van der Waals surface area contributed by atoms with Gasteiger partial charge in [0.15, 0.2) is 11.5 Å². The summed E-state index contributed by atoms with van der Waals surface area (Å²) in [5, 5.41) is 19.7. The summed E-state index contributed by atoms with van der Waals surface area (Å²) in [6.07, 6.45) is 0.791. The first-order chi connectivity index (χ1) is 10.6. The Kier molecular flexibility index (Phi) is 3.63. The van der Waals surface area contributed by atoms with Gasteiger partial charge in [0.1, 0.15) is 5.75 Å². The van der Waals surface area contributed by atoms with E-state index < -0.39 is 0 Å². The predicted molar refractivity (Wildman–Crippen MR) is 83.5 cm³/mol. The number of aliphatic imine (C=N–C) groups is 1. The molecule has 0 aliphatic carbocycles. The van der Waals surface area contributed by atoms with Crippen LogP contribution in [0.1, 0.15) is 16.7 Å². The number of ether oxygens (including phenoxy) is 2. The molecule has 0 unspecified atom stereocenters. The average molecular weight is 299 g/mol. The van der Waals surface area contributed by atoms with Crippen molar-refractivity contribution < 1.29 is 19.7 Å². The third-order valence-electron chi connectivity index (χ3n) is 3.75. The molecule has 0 atom stereocenters. The smallest absolute Gasteiger partial charge is 0.200 e. The average Bonchev–Trinajstić information content (AvgIpc) is 2.54. The normalized spacial score (nSPS) is 13.3. The molecular formula is C17H17NO4. The van der Waals surface area contributed by atoms with Gasteiger partial charge in [0.05, 0.1) is 19.9 Å². The Morgan fingerprint density at radius 2 is 1.68 bits per heavy atom. The Hall–Kier alpha value is -2.69. The van der Waals surface area contributed by atoms with Gasteiger partial charge in [-0.3, -0.25) is 4.99 Å². The maximum Gasteiger partial charge on any atom is 0.200 e. The van der Waals surface area contributed by atoms with Crippen LogP contribution >= 0.6 is 0 Å². The molecule has 0 spiro atoms. The van der Waals surface area contributed by atoms with Crippen LogP contribution in [0, 0.1) is 0 Å². The van der Waals surface area contributed by atoms with E-state index in [2.05, 4.69) is 4.99 Å². The predicted octanol–water partition coefficient (Wildman–Crippen LogP) is 2.51. The van der Waals surface area contributed by atoms with Gasteiger partial charge in [-0.15, -0.1) is 0 Å². The van der Waals surface area contributed by atoms with Crippen LogP contribution < -0.4 is 9.47 Å². The fourth-order valence-electron chi connectivity index (χ4n) is 2.67. The number of aromatic hydroxyl groups is 2. The van der Waals surface area contributed by atoms with Crippen LogP contribution in [0.4, 0.5) is 0 Å². The van der Waals surface area contributed by atoms with Crippen molar-refractivity contribution in [2.24, 2.45) is 4.99 Å². The van der Waals surface area contributed by atoms with Crippen molar-refractivity contribution in [2.75, 3.05) is 20.8 Å². The van der Waals surface area contributed by atoms with Gasteiger partial charge < -0.3 is 19.7 Å². The number of fused-ring (bicyclic) bond motifs is 1. The Bertz CT molecular complexity index is 727. The van der Waals surface area contributed by atoms with Gasteiger partial charge >= 0.3 is 0 Å². The number of phenols is 2. The van der Waals surface area contributed by atoms with E-state index in [1.54, 1.807) is 24.3 Å². The second-order valence-electron chi connectivity index (χ2n) is 5.05. The Morgan fingerprint density at radius 1 is 1.00 bits per heavy atom. The van der Waals surface area contributed by atoms with Crippen LogP contribution in [0.15, 0.2) is 35.3 Å². The SMILES string of the molecule is COc1cc(C2=NCCc3cc(O)ccc32)cc(OC)c1O. The number of hydrogen-bond donors (Lipinski definition) is 2. The van der Waals surface area contributed by atoms with Gasteiger partial charge in [-0.1, -0.05) is 0 Å². The number of rotatable bonds is 3. The van der Waals surface area contributed by atoms with Crippen molar-refractivity contribution in [1.29, 1.82) is 0 Å². The van der Waals surface area contributed by atoms with Gasteiger partial charge in [0.2, 0.25) is 5.75 Å². The zero-order chi connectivity index (χ0) is 15.7. The highest BCUT2D eigenvalue weighted by atomic mass is 16.5. The second kappa shape index (κ2) is 5.60. The van der Waals surface area contributed by atoms with E-state index in [-0.39, 0.29) is 11.5 Å². The number of hydrogen-bond acceptors (Lipinski definition) is 5. The van der Waals surface area contributed by atoms with E-state index in [1.807, 2.05) is 6.07 Å². The lowest BCUT2D eigenvalue weighted by Crippen LogP contribution is -2.14. The molecule has 3 rings (SSSR count). The van der Waals surface area contributed by atoms with Gasteiger partial charge in [0.25, 0.3) is 0 Å². The lowest BCUT2D eigenvalue weighted by atomic mass is 9.93. The summed E-state index contributed by atoms with van der Waals surface area (Å²) >= 11 is 0. The molecule has 0 saturated heterocycles. The lowest BCUT2D eigenvalue weighted by Gasteiger charge is -2.19. The summed E-state index contributed by atoms with van der Waals surface area (Å²) in [6, 6.07) is 8.74. The van der Waals surface area contributed by atoms with Crippen molar-refractivity contribution in [3.8, 4) is 23.0 Å². The molecule has 0 fully saturated rings. The van der Waals surface area contributed by atoms with Crippen molar-refractivity contribution in [1.82, 2.24) is 0 Å². The van der Waals surface area contributed by atoms with E-state index in [0.29, 0.717) is 18.0 Å². The van der Waals surface area contributed by atoms with Crippen LogP contribution in [-0.2, 0) is 6.42 Å². The van der Waals surface area contributed by atoms with Crippen molar-refractivity contribution >= 4 is 5.71 Å². The topological polar surface area (TPSA) is 71.3 Å². The summed E-state index contributed by atoms with van der Waals surface area (Å²) in [4.78, 5) is 4.59. The largest absolute Gasteiger partial charge is 0.508 e. The monoisotopic (exact) mass is 299 g/mol. The first-order valence-corrected chi connectivity index (χ1v) is 6.96. The molecule has 5 nitrogen and oxygen atoms in total. The minimum atomic E-state index is -0.0314. The molecular weight excluding hydrogens is 282 g/mol. The fraction of sp³-hybridized carbons (Fsp3) is 0.235. The summed E-state index contributed by atoms with van der Waals surface area (Å²) in [5.74, 6) is 0.892. The van der Waals surface area contributed by atoms with Crippen LogP contribution in [0.2, 0.25) is 0 Å². The lowest BCUT2D eigenvalue weighted by molar-refractivity contribution is 0.340. The fourth-order valence-corrected chi connectivity index (χ4v) is 2.67. The highest BCUT2D eigenvalue weighted by Gasteiger charge is 2.20. The van der Waals surface area contributed by atoms with Crippen molar-refractivity contribution in [2.45, 2.75) is 6.42 Å². The van der Waals surface area contributed by atoms with Crippen LogP contribution in [0.3, 0.4) is 0 Å². The quantitative estimate of drug-likeness (QED) is 0.913. The van der Waals surface area contributed by atoms with Gasteiger partial charge in [-0.05, 0) is 42.3 Å². The van der Waals surface area contributed by atoms with Gasteiger partial charge in [-0.2, -0.15) is 0 Å². The number of benzene rings is 2. The molecule has 0 saturated carbocycles. The van der Waals surface area contributed by atoms with E-state index >= 15 is 0 Å². The molecule has 2 aromatic rings. The molecule has 2 N–H and O–H groups in total. The number of nitrogens with zero attached hydrogens (tertiary/aromatic N) is 1. The van der Waals surface area contributed by atoms with Crippen molar-refractivity contribution in [3.63, 3.8) is 0 Å².